The highest BCUT2D eigenvalue weighted by molar-refractivity contribution is 5.42. The molecule has 2 aromatic heterocycles. The Bertz CT molecular complexity index is 453. The fourth-order valence-corrected chi connectivity index (χ4v) is 1.20. The zero-order valence-corrected chi connectivity index (χ0v) is 8.04. The third-order valence-electron chi connectivity index (χ3n) is 1.91. The third kappa shape index (κ3) is 2.10. The van der Waals surface area contributed by atoms with Gasteiger partial charge < -0.3 is 10.8 Å². The molecule has 78 valence electrons. The molecule has 0 bridgehead atoms. The van der Waals surface area contributed by atoms with E-state index in [9.17, 15) is 0 Å². The Kier molecular flexibility index (Phi) is 2.59. The molecule has 0 aromatic carbocycles. The lowest BCUT2D eigenvalue weighted by Crippen LogP contribution is -1.99. The van der Waals surface area contributed by atoms with Crippen LogP contribution in [0.2, 0.25) is 0 Å². The van der Waals surface area contributed by atoms with Crippen molar-refractivity contribution in [3.05, 3.63) is 30.2 Å². The van der Waals surface area contributed by atoms with Crippen LogP contribution in [0.4, 0.5) is 5.69 Å². The molecule has 2 heterocycles. The number of aliphatic hydroxyl groups excluding tert-OH is 1. The molecule has 0 spiro atoms. The van der Waals surface area contributed by atoms with Gasteiger partial charge in [-0.1, -0.05) is 5.21 Å². The lowest BCUT2D eigenvalue weighted by Gasteiger charge is -1.98. The Morgan fingerprint density at radius 3 is 3.07 bits per heavy atom. The first kappa shape index (κ1) is 9.60. The molecule has 0 aliphatic rings. The molecule has 0 saturated heterocycles. The molecular weight excluding hydrogens is 194 g/mol. The van der Waals surface area contributed by atoms with Crippen molar-refractivity contribution in [3.63, 3.8) is 0 Å². The second kappa shape index (κ2) is 4.05. The summed E-state index contributed by atoms with van der Waals surface area (Å²) >= 11 is 0. The maximum absolute atomic E-state index is 8.73. The minimum atomic E-state index is 0.0586. The Morgan fingerprint density at radius 2 is 2.33 bits per heavy atom. The standard InChI is InChI=1S/C9H11N5O/c10-7-1-3-11-9(5-7)14-6-8(2-4-15)12-13-14/h1,3,5-6,15H,2,4H2,(H2,10,11). The zero-order chi connectivity index (χ0) is 10.7. The average molecular weight is 205 g/mol. The summed E-state index contributed by atoms with van der Waals surface area (Å²) in [5, 5.41) is 16.5. The van der Waals surface area contributed by atoms with Crippen molar-refractivity contribution in [2.24, 2.45) is 0 Å². The van der Waals surface area contributed by atoms with Gasteiger partial charge in [0.25, 0.3) is 0 Å². The summed E-state index contributed by atoms with van der Waals surface area (Å²) in [7, 11) is 0. The van der Waals surface area contributed by atoms with Crippen LogP contribution in [0.1, 0.15) is 5.69 Å². The summed E-state index contributed by atoms with van der Waals surface area (Å²) in [4.78, 5) is 4.10. The summed E-state index contributed by atoms with van der Waals surface area (Å²) in [6.07, 6.45) is 3.82. The summed E-state index contributed by atoms with van der Waals surface area (Å²) in [5.41, 5.74) is 6.97. The van der Waals surface area contributed by atoms with E-state index in [0.29, 0.717) is 17.9 Å². The Balaban J connectivity index is 2.29. The van der Waals surface area contributed by atoms with Crippen molar-refractivity contribution < 1.29 is 5.11 Å². The molecule has 0 aliphatic heterocycles. The van der Waals surface area contributed by atoms with Gasteiger partial charge in [0.15, 0.2) is 5.82 Å². The third-order valence-corrected chi connectivity index (χ3v) is 1.91. The first-order chi connectivity index (χ1) is 7.29. The summed E-state index contributed by atoms with van der Waals surface area (Å²) in [6, 6.07) is 3.41. The molecule has 2 aromatic rings. The fourth-order valence-electron chi connectivity index (χ4n) is 1.20. The topological polar surface area (TPSA) is 89.8 Å². The predicted octanol–water partition coefficient (Wildman–Crippen LogP) is -0.221. The van der Waals surface area contributed by atoms with Gasteiger partial charge in [0.1, 0.15) is 0 Å². The molecule has 6 nitrogen and oxygen atoms in total. The van der Waals surface area contributed by atoms with Gasteiger partial charge in [-0.25, -0.2) is 9.67 Å². The van der Waals surface area contributed by atoms with E-state index in [1.165, 1.54) is 4.68 Å². The van der Waals surface area contributed by atoms with Gasteiger partial charge >= 0.3 is 0 Å². The van der Waals surface area contributed by atoms with E-state index < -0.39 is 0 Å². The van der Waals surface area contributed by atoms with Crippen LogP contribution in [0.25, 0.3) is 5.82 Å². The van der Waals surface area contributed by atoms with Crippen LogP contribution in [0, 0.1) is 0 Å². The van der Waals surface area contributed by atoms with E-state index in [0.717, 1.165) is 5.69 Å². The van der Waals surface area contributed by atoms with E-state index in [1.807, 2.05) is 0 Å². The number of hydrogen-bond donors (Lipinski definition) is 2. The Hall–Kier alpha value is -1.95. The number of nitrogens with two attached hydrogens (primary N) is 1. The first-order valence-corrected chi connectivity index (χ1v) is 4.53. The second-order valence-electron chi connectivity index (χ2n) is 3.08. The van der Waals surface area contributed by atoms with Gasteiger partial charge in [-0.2, -0.15) is 0 Å². The molecule has 0 saturated carbocycles. The monoisotopic (exact) mass is 205 g/mol. The van der Waals surface area contributed by atoms with Crippen LogP contribution >= 0.6 is 0 Å². The number of anilines is 1. The molecule has 2 rings (SSSR count). The molecule has 0 unspecified atom stereocenters. The van der Waals surface area contributed by atoms with Crippen molar-refractivity contribution >= 4 is 5.69 Å². The molecule has 0 radical (unpaired) electrons. The number of nitrogens with zero attached hydrogens (tertiary/aromatic N) is 4. The number of hydrogen-bond acceptors (Lipinski definition) is 5. The Labute approximate surface area is 86.4 Å². The molecule has 15 heavy (non-hydrogen) atoms. The molecular formula is C9H11N5O. The lowest BCUT2D eigenvalue weighted by atomic mass is 10.3. The van der Waals surface area contributed by atoms with Crippen molar-refractivity contribution in [1.29, 1.82) is 0 Å². The molecule has 0 aliphatic carbocycles. The molecule has 3 N–H and O–H groups in total. The van der Waals surface area contributed by atoms with Crippen molar-refractivity contribution in [2.45, 2.75) is 6.42 Å². The summed E-state index contributed by atoms with van der Waals surface area (Å²) < 4.78 is 1.53. The van der Waals surface area contributed by atoms with E-state index in [4.69, 9.17) is 10.8 Å². The zero-order valence-electron chi connectivity index (χ0n) is 8.04. The van der Waals surface area contributed by atoms with Gasteiger partial charge in [0.2, 0.25) is 0 Å². The summed E-state index contributed by atoms with van der Waals surface area (Å²) in [5.74, 6) is 0.617. The van der Waals surface area contributed by atoms with E-state index in [-0.39, 0.29) is 6.61 Å². The maximum Gasteiger partial charge on any atom is 0.157 e. The minimum absolute atomic E-state index is 0.0586. The SMILES string of the molecule is Nc1ccnc(-n2cc(CCO)nn2)c1. The number of aromatic nitrogens is 4. The van der Waals surface area contributed by atoms with Crippen molar-refractivity contribution in [2.75, 3.05) is 12.3 Å². The smallest absolute Gasteiger partial charge is 0.157 e. The van der Waals surface area contributed by atoms with E-state index >= 15 is 0 Å². The molecule has 6 heteroatoms. The predicted molar refractivity (Wildman–Crippen MR) is 54.4 cm³/mol. The first-order valence-electron chi connectivity index (χ1n) is 4.53. The maximum atomic E-state index is 8.73. The van der Waals surface area contributed by atoms with Crippen LogP contribution in [0.5, 0.6) is 0 Å². The second-order valence-corrected chi connectivity index (χ2v) is 3.08. The normalized spacial score (nSPS) is 10.5. The molecule has 0 amide bonds. The van der Waals surface area contributed by atoms with Gasteiger partial charge in [0.05, 0.1) is 11.9 Å². The highest BCUT2D eigenvalue weighted by Crippen LogP contribution is 2.07. The number of pyridine rings is 1. The van der Waals surface area contributed by atoms with Crippen LogP contribution < -0.4 is 5.73 Å². The largest absolute Gasteiger partial charge is 0.399 e. The van der Waals surface area contributed by atoms with Gasteiger partial charge in [0, 0.05) is 31.0 Å². The van der Waals surface area contributed by atoms with Crippen LogP contribution in [0.15, 0.2) is 24.5 Å². The number of nitrogen functional groups attached to an aromatic ring is 1. The highest BCUT2D eigenvalue weighted by atomic mass is 16.3. The Morgan fingerprint density at radius 1 is 1.47 bits per heavy atom. The van der Waals surface area contributed by atoms with Gasteiger partial charge in [-0.05, 0) is 6.07 Å². The van der Waals surface area contributed by atoms with Crippen LogP contribution in [-0.4, -0.2) is 31.7 Å². The summed E-state index contributed by atoms with van der Waals surface area (Å²) in [6.45, 7) is 0.0586. The van der Waals surface area contributed by atoms with E-state index in [2.05, 4.69) is 15.3 Å². The van der Waals surface area contributed by atoms with Crippen LogP contribution in [-0.2, 0) is 6.42 Å². The lowest BCUT2D eigenvalue weighted by molar-refractivity contribution is 0.298. The average Bonchev–Trinajstić information content (AvgIpc) is 2.67. The fraction of sp³-hybridized carbons (Fsp3) is 0.222. The number of aliphatic hydroxyl groups is 1. The minimum Gasteiger partial charge on any atom is -0.399 e. The van der Waals surface area contributed by atoms with Crippen molar-refractivity contribution in [3.8, 4) is 5.82 Å². The van der Waals surface area contributed by atoms with Crippen molar-refractivity contribution in [1.82, 2.24) is 20.0 Å². The quantitative estimate of drug-likeness (QED) is 0.723. The molecule has 0 atom stereocenters. The van der Waals surface area contributed by atoms with Gasteiger partial charge in [-0.15, -0.1) is 5.10 Å². The van der Waals surface area contributed by atoms with Crippen LogP contribution in [0.3, 0.4) is 0 Å². The molecule has 0 fully saturated rings. The highest BCUT2D eigenvalue weighted by Gasteiger charge is 2.03. The number of rotatable bonds is 3. The van der Waals surface area contributed by atoms with Gasteiger partial charge in [-0.3, -0.25) is 0 Å². The van der Waals surface area contributed by atoms with E-state index in [1.54, 1.807) is 24.5 Å².